The summed E-state index contributed by atoms with van der Waals surface area (Å²) in [6.07, 6.45) is 2.88. The van der Waals surface area contributed by atoms with Crippen molar-refractivity contribution in [3.8, 4) is 17.7 Å². The summed E-state index contributed by atoms with van der Waals surface area (Å²) in [6.45, 7) is 0.950. The Labute approximate surface area is 174 Å². The van der Waals surface area contributed by atoms with Gasteiger partial charge in [-0.05, 0) is 25.0 Å². The number of halogens is 1. The lowest BCUT2D eigenvalue weighted by Crippen LogP contribution is -2.25. The number of nitrogens with zero attached hydrogens (tertiary/aromatic N) is 6. The van der Waals surface area contributed by atoms with Crippen LogP contribution in [-0.2, 0) is 16.0 Å². The minimum absolute atomic E-state index is 0.0883. The third-order valence-corrected chi connectivity index (χ3v) is 5.34. The maximum absolute atomic E-state index is 14.3. The number of hydrogen-bond donors (Lipinski definition) is 0. The predicted octanol–water partition coefficient (Wildman–Crippen LogP) is 2.21. The van der Waals surface area contributed by atoms with Crippen LogP contribution in [0.3, 0.4) is 0 Å². The standard InChI is InChI=1S/C20H17FN6O4/c1-29-8-6-26-16-11(9-22)12(21)4-5-13(16)27-10-23-15(17(27)20(26)28)19-24-18(25-31-19)14-3-2-7-30-14/h4-5,10,14H,2-3,6-8H2,1H3. The van der Waals surface area contributed by atoms with Crippen LogP contribution in [0.25, 0.3) is 28.1 Å². The van der Waals surface area contributed by atoms with E-state index in [9.17, 15) is 14.4 Å². The first-order chi connectivity index (χ1) is 15.1. The molecule has 0 saturated carbocycles. The number of aromatic nitrogens is 5. The van der Waals surface area contributed by atoms with Crippen LogP contribution in [0.2, 0.25) is 0 Å². The van der Waals surface area contributed by atoms with E-state index in [1.807, 2.05) is 6.07 Å². The summed E-state index contributed by atoms with van der Waals surface area (Å²) in [5, 5.41) is 13.5. The zero-order valence-corrected chi connectivity index (χ0v) is 16.5. The fourth-order valence-corrected chi connectivity index (χ4v) is 3.89. The number of fused-ring (bicyclic) bond motifs is 3. The maximum atomic E-state index is 14.3. The van der Waals surface area contributed by atoms with Crippen molar-refractivity contribution in [2.75, 3.05) is 20.3 Å². The molecule has 0 N–H and O–H groups in total. The Kier molecular flexibility index (Phi) is 4.72. The van der Waals surface area contributed by atoms with Crippen LogP contribution in [0, 0.1) is 17.1 Å². The van der Waals surface area contributed by atoms with Gasteiger partial charge in [-0.1, -0.05) is 5.16 Å². The van der Waals surface area contributed by atoms with E-state index in [0.29, 0.717) is 17.9 Å². The third kappa shape index (κ3) is 2.99. The second kappa shape index (κ2) is 7.57. The summed E-state index contributed by atoms with van der Waals surface area (Å²) >= 11 is 0. The lowest BCUT2D eigenvalue weighted by Gasteiger charge is -2.13. The molecule has 1 atom stereocenters. The first-order valence-electron chi connectivity index (χ1n) is 9.70. The Hall–Kier alpha value is -3.62. The minimum Gasteiger partial charge on any atom is -0.383 e. The molecule has 1 unspecified atom stereocenters. The molecule has 31 heavy (non-hydrogen) atoms. The fraction of sp³-hybridized carbons (Fsp3) is 0.350. The molecule has 0 aliphatic carbocycles. The van der Waals surface area contributed by atoms with Crippen molar-refractivity contribution in [1.82, 2.24) is 24.1 Å². The van der Waals surface area contributed by atoms with E-state index in [4.69, 9.17) is 14.0 Å². The van der Waals surface area contributed by atoms with E-state index in [0.717, 1.165) is 12.8 Å². The number of methoxy groups -OCH3 is 1. The molecule has 1 aliphatic heterocycles. The summed E-state index contributed by atoms with van der Waals surface area (Å²) in [7, 11) is 1.49. The molecule has 1 fully saturated rings. The number of rotatable bonds is 5. The van der Waals surface area contributed by atoms with Crippen LogP contribution in [0.1, 0.15) is 30.3 Å². The molecule has 5 rings (SSSR count). The van der Waals surface area contributed by atoms with Crippen molar-refractivity contribution in [3.05, 3.63) is 46.0 Å². The van der Waals surface area contributed by atoms with E-state index in [2.05, 4.69) is 15.1 Å². The summed E-state index contributed by atoms with van der Waals surface area (Å²) in [5.41, 5.74) is 0.310. The van der Waals surface area contributed by atoms with Crippen LogP contribution < -0.4 is 5.56 Å². The van der Waals surface area contributed by atoms with Gasteiger partial charge in [0.05, 0.1) is 17.6 Å². The second-order valence-corrected chi connectivity index (χ2v) is 7.12. The van der Waals surface area contributed by atoms with Crippen molar-refractivity contribution < 1.29 is 18.4 Å². The first-order valence-corrected chi connectivity index (χ1v) is 9.70. The van der Waals surface area contributed by atoms with Crippen molar-refractivity contribution in [2.45, 2.75) is 25.5 Å². The van der Waals surface area contributed by atoms with Crippen LogP contribution in [-0.4, -0.2) is 44.4 Å². The van der Waals surface area contributed by atoms with Gasteiger partial charge < -0.3 is 18.6 Å². The molecule has 0 bridgehead atoms. The Morgan fingerprint density at radius 1 is 1.39 bits per heavy atom. The molecule has 0 amide bonds. The largest absolute Gasteiger partial charge is 0.383 e. The van der Waals surface area contributed by atoms with E-state index in [1.165, 1.54) is 34.5 Å². The van der Waals surface area contributed by atoms with Gasteiger partial charge in [0.2, 0.25) is 5.82 Å². The highest BCUT2D eigenvalue weighted by Gasteiger charge is 2.27. The second-order valence-electron chi connectivity index (χ2n) is 7.12. The van der Waals surface area contributed by atoms with Crippen molar-refractivity contribution in [1.29, 1.82) is 5.26 Å². The maximum Gasteiger partial charge on any atom is 0.279 e. The normalized spacial score (nSPS) is 16.4. The number of nitriles is 1. The molecule has 1 aliphatic rings. The molecule has 3 aromatic heterocycles. The average Bonchev–Trinajstić information content (AvgIpc) is 3.53. The van der Waals surface area contributed by atoms with Crippen molar-refractivity contribution in [3.63, 3.8) is 0 Å². The fourth-order valence-electron chi connectivity index (χ4n) is 3.89. The summed E-state index contributed by atoms with van der Waals surface area (Å²) in [4.78, 5) is 22.1. The molecule has 4 heterocycles. The molecule has 1 aromatic carbocycles. The van der Waals surface area contributed by atoms with E-state index < -0.39 is 11.4 Å². The number of hydrogen-bond acceptors (Lipinski definition) is 8. The lowest BCUT2D eigenvalue weighted by molar-refractivity contribution is 0.103. The van der Waals surface area contributed by atoms with Crippen LogP contribution in [0.15, 0.2) is 27.8 Å². The predicted molar refractivity (Wildman–Crippen MR) is 105 cm³/mol. The third-order valence-electron chi connectivity index (χ3n) is 5.34. The lowest BCUT2D eigenvalue weighted by atomic mass is 10.1. The van der Waals surface area contributed by atoms with Gasteiger partial charge in [-0.2, -0.15) is 10.2 Å². The van der Waals surface area contributed by atoms with Crippen LogP contribution in [0.4, 0.5) is 4.39 Å². The van der Waals surface area contributed by atoms with Gasteiger partial charge in [0.15, 0.2) is 5.69 Å². The zero-order chi connectivity index (χ0) is 21.5. The van der Waals surface area contributed by atoms with Crippen molar-refractivity contribution >= 4 is 16.6 Å². The number of imidazole rings is 1. The molecular formula is C20H17FN6O4. The highest BCUT2D eigenvalue weighted by Crippen LogP contribution is 2.30. The summed E-state index contributed by atoms with van der Waals surface area (Å²) in [5.74, 6) is -0.216. The van der Waals surface area contributed by atoms with E-state index >= 15 is 0 Å². The van der Waals surface area contributed by atoms with Crippen LogP contribution in [0.5, 0.6) is 0 Å². The highest BCUT2D eigenvalue weighted by atomic mass is 19.1. The quantitative estimate of drug-likeness (QED) is 0.478. The average molecular weight is 424 g/mol. The SMILES string of the molecule is COCCn1c(=O)c2c(-c3nc(C4CCCO4)no3)ncn2c2ccc(F)c(C#N)c21. The molecule has 4 aromatic rings. The van der Waals surface area contributed by atoms with Gasteiger partial charge in [0, 0.05) is 20.3 Å². The zero-order valence-electron chi connectivity index (χ0n) is 16.5. The Bertz CT molecular complexity index is 1390. The Morgan fingerprint density at radius 3 is 3.00 bits per heavy atom. The molecule has 10 nitrogen and oxygen atoms in total. The van der Waals surface area contributed by atoms with Gasteiger partial charge in [0.25, 0.3) is 11.4 Å². The topological polar surface area (TPSA) is 120 Å². The molecule has 0 radical (unpaired) electrons. The Balaban J connectivity index is 1.77. The van der Waals surface area contributed by atoms with Crippen molar-refractivity contribution in [2.24, 2.45) is 0 Å². The van der Waals surface area contributed by atoms with E-state index in [1.54, 1.807) is 0 Å². The van der Waals surface area contributed by atoms with Gasteiger partial charge in [-0.3, -0.25) is 9.20 Å². The highest BCUT2D eigenvalue weighted by molar-refractivity contribution is 5.87. The minimum atomic E-state index is -0.710. The van der Waals surface area contributed by atoms with Crippen LogP contribution >= 0.6 is 0 Å². The molecule has 11 heteroatoms. The van der Waals surface area contributed by atoms with Gasteiger partial charge >= 0.3 is 0 Å². The summed E-state index contributed by atoms with van der Waals surface area (Å²) < 4.78 is 33.2. The number of benzene rings is 1. The molecule has 1 saturated heterocycles. The molecule has 158 valence electrons. The summed E-state index contributed by atoms with van der Waals surface area (Å²) in [6, 6.07) is 4.54. The smallest absolute Gasteiger partial charge is 0.279 e. The Morgan fingerprint density at radius 2 is 2.26 bits per heavy atom. The van der Waals surface area contributed by atoms with Gasteiger partial charge in [-0.25, -0.2) is 9.37 Å². The number of ether oxygens (including phenoxy) is 2. The molecule has 0 spiro atoms. The first kappa shape index (κ1) is 19.3. The monoisotopic (exact) mass is 424 g/mol. The van der Waals surface area contributed by atoms with Gasteiger partial charge in [0.1, 0.15) is 35.4 Å². The van der Waals surface area contributed by atoms with Gasteiger partial charge in [-0.15, -0.1) is 0 Å². The molecular weight excluding hydrogens is 407 g/mol. The van der Waals surface area contributed by atoms with E-state index in [-0.39, 0.29) is 47.4 Å².